The third-order valence-electron chi connectivity index (χ3n) is 1.60. The van der Waals surface area contributed by atoms with E-state index in [-0.39, 0.29) is 0 Å². The van der Waals surface area contributed by atoms with Crippen molar-refractivity contribution in [3.8, 4) is 5.75 Å². The zero-order valence-electron chi connectivity index (χ0n) is 8.18. The molecule has 16 heavy (non-hydrogen) atoms. The Labute approximate surface area is 113 Å². The molecule has 0 fully saturated rings. The van der Waals surface area contributed by atoms with E-state index in [1.54, 1.807) is 31.4 Å². The highest BCUT2D eigenvalue weighted by Gasteiger charge is 2.15. The highest BCUT2D eigenvalue weighted by atomic mass is 35.6. The van der Waals surface area contributed by atoms with E-state index in [4.69, 9.17) is 51.1 Å². The minimum atomic E-state index is -1.69. The number of aliphatic imine (C=N–C) groups is 1. The molecule has 6 heteroatoms. The van der Waals surface area contributed by atoms with Crippen LogP contribution in [0.1, 0.15) is 5.56 Å². The summed E-state index contributed by atoms with van der Waals surface area (Å²) in [6, 6.07) is 5.21. The average Bonchev–Trinajstić information content (AvgIpc) is 2.16. The van der Waals surface area contributed by atoms with Gasteiger partial charge in [0.05, 0.1) is 12.1 Å². The molecule has 0 amide bonds. The van der Waals surface area contributed by atoms with Crippen LogP contribution in [-0.4, -0.2) is 16.9 Å². The Balaban J connectivity index is 2.91. The van der Waals surface area contributed by atoms with Gasteiger partial charge in [0.25, 0.3) is 3.92 Å². The van der Waals surface area contributed by atoms with Gasteiger partial charge in [0.15, 0.2) is 0 Å². The molecule has 1 aromatic rings. The van der Waals surface area contributed by atoms with E-state index in [0.29, 0.717) is 10.8 Å². The van der Waals surface area contributed by atoms with Gasteiger partial charge in [-0.05, 0) is 23.6 Å². The molecule has 86 valence electrons. The lowest BCUT2D eigenvalue weighted by Gasteiger charge is -2.02. The van der Waals surface area contributed by atoms with E-state index in [0.717, 1.165) is 5.56 Å². The van der Waals surface area contributed by atoms with E-state index in [1.807, 2.05) is 0 Å². The summed E-state index contributed by atoms with van der Waals surface area (Å²) < 4.78 is 3.32. The van der Waals surface area contributed by atoms with E-state index in [2.05, 4.69) is 10.9 Å². The third kappa shape index (κ3) is 4.65. The number of hydrogen-bond acceptors (Lipinski definition) is 2. The quantitative estimate of drug-likeness (QED) is 0.452. The molecule has 0 heterocycles. The number of rotatable bonds is 2. The molecular formula is C10H7Cl4NO. The van der Waals surface area contributed by atoms with E-state index in [1.165, 1.54) is 0 Å². The Morgan fingerprint density at radius 1 is 1.38 bits per heavy atom. The van der Waals surface area contributed by atoms with Crippen LogP contribution in [0, 0.1) is 0 Å². The van der Waals surface area contributed by atoms with E-state index in [9.17, 15) is 0 Å². The lowest BCUT2D eigenvalue weighted by atomic mass is 10.2. The molecule has 0 aliphatic rings. The van der Waals surface area contributed by atoms with Crippen LogP contribution in [0.2, 0.25) is 5.02 Å². The summed E-state index contributed by atoms with van der Waals surface area (Å²) in [5, 5.41) is 0.493. The zero-order chi connectivity index (χ0) is 12.2. The maximum Gasteiger partial charge on any atom is 0.292 e. The second-order valence-corrected chi connectivity index (χ2v) is 5.38. The van der Waals surface area contributed by atoms with Gasteiger partial charge >= 0.3 is 0 Å². The summed E-state index contributed by atoms with van der Waals surface area (Å²) in [6.45, 7) is 0. The molecule has 0 N–H and O–H groups in total. The van der Waals surface area contributed by atoms with Crippen LogP contribution < -0.4 is 4.74 Å². The van der Waals surface area contributed by atoms with E-state index < -0.39 is 3.92 Å². The van der Waals surface area contributed by atoms with Crippen LogP contribution in [0.3, 0.4) is 0 Å². The molecule has 1 rings (SSSR count). The predicted octanol–water partition coefficient (Wildman–Crippen LogP) is 4.36. The lowest BCUT2D eigenvalue weighted by molar-refractivity contribution is 0.415. The highest BCUT2D eigenvalue weighted by molar-refractivity contribution is 6.67. The highest BCUT2D eigenvalue weighted by Crippen LogP contribution is 2.27. The Morgan fingerprint density at radius 3 is 2.56 bits per heavy atom. The van der Waals surface area contributed by atoms with Crippen LogP contribution >= 0.6 is 46.4 Å². The maximum atomic E-state index is 5.92. The first-order valence-corrected chi connectivity index (χ1v) is 5.64. The number of ether oxygens (including phenoxy) is 1. The number of alkyl halides is 3. The molecular weight excluding hydrogens is 292 g/mol. The van der Waals surface area contributed by atoms with Gasteiger partial charge in [-0.15, -0.1) is 0 Å². The molecule has 0 aromatic heterocycles. The van der Waals surface area contributed by atoms with E-state index >= 15 is 0 Å². The van der Waals surface area contributed by atoms with Gasteiger partial charge in [0, 0.05) is 6.08 Å². The van der Waals surface area contributed by atoms with Crippen LogP contribution in [0.15, 0.2) is 23.2 Å². The maximum absolute atomic E-state index is 5.92. The molecule has 0 saturated carbocycles. The van der Waals surface area contributed by atoms with Crippen molar-refractivity contribution in [3.05, 3.63) is 28.8 Å². The fraction of sp³-hybridized carbons (Fsp3) is 0.200. The normalized spacial score (nSPS) is 10.6. The summed E-state index contributed by atoms with van der Waals surface area (Å²) in [4.78, 5) is 3.54. The molecule has 0 unspecified atom stereocenters. The number of nitrogens with zero attached hydrogens (tertiary/aromatic N) is 1. The van der Waals surface area contributed by atoms with Crippen molar-refractivity contribution in [1.29, 1.82) is 0 Å². The monoisotopic (exact) mass is 297 g/mol. The predicted molar refractivity (Wildman–Crippen MR) is 70.2 cm³/mol. The van der Waals surface area contributed by atoms with Crippen molar-refractivity contribution in [2.75, 3.05) is 7.11 Å². The van der Waals surface area contributed by atoms with Gasteiger partial charge in [-0.25, -0.2) is 0 Å². The average molecular weight is 299 g/mol. The zero-order valence-corrected chi connectivity index (χ0v) is 11.2. The van der Waals surface area contributed by atoms with Crippen molar-refractivity contribution in [1.82, 2.24) is 0 Å². The summed E-state index contributed by atoms with van der Waals surface area (Å²) in [7, 11) is 1.54. The molecule has 0 spiro atoms. The standard InChI is InChI=1S/C10H7Cl4NO/c1-16-9-3-2-7(6-8(9)11)4-5-15-10(12,13)14/h2-4,6H,1H3. The first kappa shape index (κ1) is 13.7. The first-order valence-electron chi connectivity index (χ1n) is 4.13. The van der Waals surface area contributed by atoms with Crippen LogP contribution in [-0.2, 0) is 0 Å². The van der Waals surface area contributed by atoms with Gasteiger partial charge in [-0.1, -0.05) is 52.5 Å². The fourth-order valence-corrected chi connectivity index (χ4v) is 1.36. The third-order valence-corrected chi connectivity index (χ3v) is 2.15. The minimum absolute atomic E-state index is 0.493. The Hall–Kier alpha value is -0.370. The minimum Gasteiger partial charge on any atom is -0.495 e. The molecule has 0 saturated heterocycles. The fourth-order valence-electron chi connectivity index (χ4n) is 0.952. The van der Waals surface area contributed by atoms with Gasteiger partial charge in [0.1, 0.15) is 5.75 Å². The van der Waals surface area contributed by atoms with Gasteiger partial charge < -0.3 is 4.74 Å². The molecule has 0 aliphatic carbocycles. The van der Waals surface area contributed by atoms with Gasteiger partial charge in [-0.2, -0.15) is 4.99 Å². The van der Waals surface area contributed by atoms with Crippen molar-refractivity contribution in [2.45, 2.75) is 3.92 Å². The summed E-state index contributed by atoms with van der Waals surface area (Å²) in [5.41, 5.74) is 0.781. The van der Waals surface area contributed by atoms with Crippen LogP contribution in [0.25, 0.3) is 6.08 Å². The van der Waals surface area contributed by atoms with Crippen LogP contribution in [0.4, 0.5) is 0 Å². The Kier molecular flexibility index (Phi) is 4.97. The second kappa shape index (κ2) is 5.81. The molecule has 0 atom stereocenters. The van der Waals surface area contributed by atoms with Gasteiger partial charge in [0.2, 0.25) is 0 Å². The Morgan fingerprint density at radius 2 is 2.06 bits per heavy atom. The number of halogens is 4. The Bertz CT molecular complexity index is 433. The molecule has 0 bridgehead atoms. The molecule has 2 nitrogen and oxygen atoms in total. The summed E-state index contributed by atoms with van der Waals surface area (Å²) in [6.07, 6.45) is 1.55. The van der Waals surface area contributed by atoms with Crippen molar-refractivity contribution >= 4 is 58.3 Å². The van der Waals surface area contributed by atoms with Crippen molar-refractivity contribution < 1.29 is 4.74 Å². The second-order valence-electron chi connectivity index (χ2n) is 2.75. The number of methoxy groups -OCH3 is 1. The first-order chi connectivity index (χ1) is 7.42. The summed E-state index contributed by atoms with van der Waals surface area (Å²) >= 11 is 22.2. The van der Waals surface area contributed by atoms with Crippen molar-refractivity contribution in [2.24, 2.45) is 4.99 Å². The summed E-state index contributed by atoms with van der Waals surface area (Å²) in [5.74, 6) is 3.11. The largest absolute Gasteiger partial charge is 0.495 e. The van der Waals surface area contributed by atoms with Crippen molar-refractivity contribution in [3.63, 3.8) is 0 Å². The molecule has 0 aliphatic heterocycles. The lowest BCUT2D eigenvalue weighted by Crippen LogP contribution is -1.93. The van der Waals surface area contributed by atoms with Gasteiger partial charge in [-0.3, -0.25) is 0 Å². The topological polar surface area (TPSA) is 21.6 Å². The smallest absolute Gasteiger partial charge is 0.292 e. The molecule has 0 radical (unpaired) electrons. The molecule has 1 aromatic carbocycles. The SMILES string of the molecule is COc1ccc(C=C=NC(Cl)(Cl)Cl)cc1Cl. The number of benzene rings is 1. The van der Waals surface area contributed by atoms with Crippen LogP contribution in [0.5, 0.6) is 5.75 Å². The number of hydrogen-bond donors (Lipinski definition) is 0.